The Bertz CT molecular complexity index is 899. The average Bonchev–Trinajstić information content (AvgIpc) is 3.24. The summed E-state index contributed by atoms with van der Waals surface area (Å²) in [7, 11) is 1.79. The summed E-state index contributed by atoms with van der Waals surface area (Å²) in [5, 5.41) is 8.09. The van der Waals surface area contributed by atoms with Crippen molar-refractivity contribution in [2.24, 2.45) is 4.99 Å². The third kappa shape index (κ3) is 5.14. The molecule has 2 fully saturated rings. The number of para-hydroxylation sites is 1. The van der Waals surface area contributed by atoms with Gasteiger partial charge in [-0.15, -0.1) is 0 Å². The number of furan rings is 1. The number of nitrogens with one attached hydrogen (secondary N) is 2. The maximum atomic E-state index is 12.6. The molecule has 0 spiro atoms. The molecule has 2 aliphatic rings. The van der Waals surface area contributed by atoms with Gasteiger partial charge < -0.3 is 24.7 Å². The smallest absolute Gasteiger partial charge is 0.410 e. The van der Waals surface area contributed by atoms with Crippen LogP contribution in [0.4, 0.5) is 4.79 Å². The number of rotatable bonds is 4. The number of guanidine groups is 1. The molecule has 2 saturated heterocycles. The summed E-state index contributed by atoms with van der Waals surface area (Å²) in [4.78, 5) is 19.0. The van der Waals surface area contributed by atoms with E-state index >= 15 is 0 Å². The van der Waals surface area contributed by atoms with E-state index < -0.39 is 5.60 Å². The van der Waals surface area contributed by atoms with Crippen LogP contribution in [0, 0.1) is 0 Å². The topological polar surface area (TPSA) is 79.1 Å². The number of fused-ring (bicyclic) bond motifs is 3. The Labute approximate surface area is 184 Å². The predicted octanol–water partition coefficient (Wildman–Crippen LogP) is 4.07. The van der Waals surface area contributed by atoms with Crippen LogP contribution in [0.25, 0.3) is 11.0 Å². The fourth-order valence-corrected chi connectivity index (χ4v) is 4.76. The Kier molecular flexibility index (Phi) is 6.12. The highest BCUT2D eigenvalue weighted by molar-refractivity contribution is 5.80. The molecule has 7 heteroatoms. The molecule has 2 aromatic rings. The molecule has 31 heavy (non-hydrogen) atoms. The summed E-state index contributed by atoms with van der Waals surface area (Å²) in [6, 6.07) is 10.9. The maximum absolute atomic E-state index is 12.6. The van der Waals surface area contributed by atoms with Gasteiger partial charge in [-0.3, -0.25) is 4.99 Å². The van der Waals surface area contributed by atoms with E-state index in [1.54, 1.807) is 7.05 Å². The minimum absolute atomic E-state index is 0.174. The van der Waals surface area contributed by atoms with Crippen molar-refractivity contribution in [2.45, 2.75) is 76.6 Å². The van der Waals surface area contributed by atoms with Gasteiger partial charge in [0.05, 0.1) is 0 Å². The molecule has 7 nitrogen and oxygen atoms in total. The van der Waals surface area contributed by atoms with E-state index in [9.17, 15) is 4.79 Å². The molecule has 1 aromatic carbocycles. The van der Waals surface area contributed by atoms with Crippen LogP contribution in [0.2, 0.25) is 0 Å². The zero-order valence-corrected chi connectivity index (χ0v) is 19.0. The van der Waals surface area contributed by atoms with E-state index in [1.165, 1.54) is 0 Å². The molecule has 2 atom stereocenters. The summed E-state index contributed by atoms with van der Waals surface area (Å²) < 4.78 is 11.5. The van der Waals surface area contributed by atoms with Gasteiger partial charge in [-0.2, -0.15) is 0 Å². The zero-order valence-electron chi connectivity index (χ0n) is 19.0. The number of aliphatic imine (C=N–C) groups is 1. The molecule has 0 aliphatic carbocycles. The fraction of sp³-hybridized carbons (Fsp3) is 0.583. The van der Waals surface area contributed by atoms with E-state index in [2.05, 4.69) is 27.8 Å². The number of nitrogens with zero attached hydrogens (tertiary/aromatic N) is 2. The van der Waals surface area contributed by atoms with E-state index in [4.69, 9.17) is 9.15 Å². The van der Waals surface area contributed by atoms with E-state index in [1.807, 2.05) is 43.9 Å². The Morgan fingerprint density at radius 1 is 1.23 bits per heavy atom. The molecule has 3 heterocycles. The standard InChI is InChI=1S/C24H34N4O3/c1-24(2,3)31-23(29)28-18-9-10-19(28)15-17(14-18)27-22(25-4)26-12-11-20-13-16-7-5-6-8-21(16)30-20/h5-8,13,17-19H,9-12,14-15H2,1-4H3,(H2,25,26,27). The van der Waals surface area contributed by atoms with Gasteiger partial charge in [-0.25, -0.2) is 4.79 Å². The number of benzene rings is 1. The van der Waals surface area contributed by atoms with Crippen LogP contribution in [-0.2, 0) is 11.2 Å². The van der Waals surface area contributed by atoms with Crippen LogP contribution in [0.3, 0.4) is 0 Å². The van der Waals surface area contributed by atoms with Crippen molar-refractivity contribution in [3.63, 3.8) is 0 Å². The number of ether oxygens (including phenoxy) is 1. The Morgan fingerprint density at radius 3 is 2.58 bits per heavy atom. The second-order valence-electron chi connectivity index (χ2n) is 9.58. The molecule has 0 saturated carbocycles. The van der Waals surface area contributed by atoms with Crippen molar-refractivity contribution in [1.82, 2.24) is 15.5 Å². The molecule has 2 unspecified atom stereocenters. The van der Waals surface area contributed by atoms with Crippen LogP contribution in [0.5, 0.6) is 0 Å². The molecule has 1 aromatic heterocycles. The molecule has 168 valence electrons. The number of carbonyl (C=O) groups excluding carboxylic acids is 1. The first-order chi connectivity index (χ1) is 14.8. The number of amides is 1. The SMILES string of the molecule is CN=C(NCCc1cc2ccccc2o1)NC1CC2CCC(C1)N2C(=O)OC(C)(C)C. The zero-order chi connectivity index (χ0) is 22.0. The summed E-state index contributed by atoms with van der Waals surface area (Å²) >= 11 is 0. The van der Waals surface area contributed by atoms with Gasteiger partial charge in [0, 0.05) is 43.5 Å². The lowest BCUT2D eigenvalue weighted by Gasteiger charge is -2.40. The first-order valence-electron chi connectivity index (χ1n) is 11.3. The van der Waals surface area contributed by atoms with Crippen molar-refractivity contribution in [2.75, 3.05) is 13.6 Å². The number of carbonyl (C=O) groups is 1. The van der Waals surface area contributed by atoms with E-state index in [-0.39, 0.29) is 18.2 Å². The van der Waals surface area contributed by atoms with Gasteiger partial charge in [-0.1, -0.05) is 18.2 Å². The van der Waals surface area contributed by atoms with Crippen LogP contribution in [0.15, 0.2) is 39.7 Å². The summed E-state index contributed by atoms with van der Waals surface area (Å²) in [5.74, 6) is 1.76. The van der Waals surface area contributed by atoms with Crippen molar-refractivity contribution in [3.8, 4) is 0 Å². The number of hydrogen-bond acceptors (Lipinski definition) is 4. The number of hydrogen-bond donors (Lipinski definition) is 2. The summed E-state index contributed by atoms with van der Waals surface area (Å²) in [5.41, 5.74) is 0.462. The minimum atomic E-state index is -0.461. The van der Waals surface area contributed by atoms with Crippen molar-refractivity contribution in [1.29, 1.82) is 0 Å². The quantitative estimate of drug-likeness (QED) is 0.569. The van der Waals surface area contributed by atoms with Crippen molar-refractivity contribution in [3.05, 3.63) is 36.1 Å². The van der Waals surface area contributed by atoms with Gasteiger partial charge in [-0.05, 0) is 58.6 Å². The van der Waals surface area contributed by atoms with Crippen LogP contribution in [-0.4, -0.2) is 54.3 Å². The molecule has 4 rings (SSSR count). The van der Waals surface area contributed by atoms with Gasteiger partial charge in [0.15, 0.2) is 5.96 Å². The molecule has 1 amide bonds. The third-order valence-corrected chi connectivity index (χ3v) is 6.04. The van der Waals surface area contributed by atoms with Gasteiger partial charge >= 0.3 is 6.09 Å². The van der Waals surface area contributed by atoms with Gasteiger partial charge in [0.25, 0.3) is 0 Å². The molecule has 0 radical (unpaired) electrons. The second-order valence-corrected chi connectivity index (χ2v) is 9.58. The summed E-state index contributed by atoms with van der Waals surface area (Å²) in [6.45, 7) is 6.50. The summed E-state index contributed by atoms with van der Waals surface area (Å²) in [6.07, 6.45) is 4.53. The first-order valence-corrected chi connectivity index (χ1v) is 11.3. The van der Waals surface area contributed by atoms with Crippen LogP contribution in [0.1, 0.15) is 52.2 Å². The number of piperidine rings is 1. The van der Waals surface area contributed by atoms with Gasteiger partial charge in [0.1, 0.15) is 16.9 Å². The lowest BCUT2D eigenvalue weighted by Crippen LogP contribution is -2.55. The highest BCUT2D eigenvalue weighted by Crippen LogP contribution is 2.36. The minimum Gasteiger partial charge on any atom is -0.461 e. The van der Waals surface area contributed by atoms with Gasteiger partial charge in [0.2, 0.25) is 0 Å². The highest BCUT2D eigenvalue weighted by Gasteiger charge is 2.45. The van der Waals surface area contributed by atoms with Crippen molar-refractivity contribution < 1.29 is 13.9 Å². The van der Waals surface area contributed by atoms with Crippen LogP contribution < -0.4 is 10.6 Å². The first kappa shape index (κ1) is 21.5. The molecular weight excluding hydrogens is 392 g/mol. The van der Waals surface area contributed by atoms with Crippen LogP contribution >= 0.6 is 0 Å². The Balaban J connectivity index is 1.27. The third-order valence-electron chi connectivity index (χ3n) is 6.04. The molecule has 2 aliphatic heterocycles. The second kappa shape index (κ2) is 8.81. The van der Waals surface area contributed by atoms with E-state index in [0.29, 0.717) is 6.04 Å². The van der Waals surface area contributed by atoms with E-state index in [0.717, 1.165) is 61.3 Å². The largest absolute Gasteiger partial charge is 0.461 e. The lowest BCUT2D eigenvalue weighted by molar-refractivity contribution is 0.00545. The maximum Gasteiger partial charge on any atom is 0.410 e. The lowest BCUT2D eigenvalue weighted by atomic mass is 9.98. The fourth-order valence-electron chi connectivity index (χ4n) is 4.76. The predicted molar refractivity (Wildman–Crippen MR) is 122 cm³/mol. The Morgan fingerprint density at radius 2 is 1.94 bits per heavy atom. The molecular formula is C24H34N4O3. The van der Waals surface area contributed by atoms with Crippen molar-refractivity contribution >= 4 is 23.0 Å². The normalized spacial score (nSPS) is 23.8. The average molecular weight is 427 g/mol. The molecule has 2 N–H and O–H groups in total. The highest BCUT2D eigenvalue weighted by atomic mass is 16.6. The Hall–Kier alpha value is -2.70. The monoisotopic (exact) mass is 426 g/mol. The molecule has 2 bridgehead atoms.